The number of nitrogens with one attached hydrogen (secondary N) is 1. The summed E-state index contributed by atoms with van der Waals surface area (Å²) in [6.45, 7) is 4.12. The first-order chi connectivity index (χ1) is 10.2. The van der Waals surface area contributed by atoms with E-state index in [2.05, 4.69) is 23.3 Å². The van der Waals surface area contributed by atoms with Gasteiger partial charge in [0.25, 0.3) is 0 Å². The fraction of sp³-hybridized carbons (Fsp3) is 0.294. The molecule has 0 saturated heterocycles. The highest BCUT2D eigenvalue weighted by Crippen LogP contribution is 2.21. The predicted molar refractivity (Wildman–Crippen MR) is 89.6 cm³/mol. The van der Waals surface area contributed by atoms with Crippen molar-refractivity contribution in [2.45, 2.75) is 26.0 Å². The Balaban J connectivity index is 1.88. The van der Waals surface area contributed by atoms with Crippen molar-refractivity contribution in [1.82, 2.24) is 4.98 Å². The van der Waals surface area contributed by atoms with Gasteiger partial charge in [-0.15, -0.1) is 11.8 Å². The van der Waals surface area contributed by atoms with E-state index in [1.165, 1.54) is 5.56 Å². The second kappa shape index (κ2) is 7.84. The normalized spacial score (nSPS) is 10.4. The van der Waals surface area contributed by atoms with Crippen LogP contribution in [0.25, 0.3) is 0 Å². The van der Waals surface area contributed by atoms with Gasteiger partial charge in [0, 0.05) is 17.6 Å². The third-order valence-corrected chi connectivity index (χ3v) is 4.18. The summed E-state index contributed by atoms with van der Waals surface area (Å²) >= 11 is 1.58. The van der Waals surface area contributed by atoms with Crippen molar-refractivity contribution in [3.63, 3.8) is 0 Å². The number of carbonyl (C=O) groups is 1. The molecule has 2 rings (SSSR count). The van der Waals surface area contributed by atoms with Crippen LogP contribution in [0.5, 0.6) is 0 Å². The van der Waals surface area contributed by atoms with Crippen molar-refractivity contribution >= 4 is 23.4 Å². The molecule has 1 amide bonds. The predicted octanol–water partition coefficient (Wildman–Crippen LogP) is 3.82. The van der Waals surface area contributed by atoms with Gasteiger partial charge >= 0.3 is 0 Å². The maximum absolute atomic E-state index is 12.1. The molecular formula is C17H20N2OS. The zero-order valence-corrected chi connectivity index (χ0v) is 13.2. The summed E-state index contributed by atoms with van der Waals surface area (Å²) < 4.78 is 0. The minimum atomic E-state index is 0.0416. The summed E-state index contributed by atoms with van der Waals surface area (Å²) in [5.74, 6) is 1.23. The van der Waals surface area contributed by atoms with Crippen LogP contribution in [0.4, 0.5) is 5.69 Å². The molecule has 0 fully saturated rings. The fourth-order valence-corrected chi connectivity index (χ4v) is 2.85. The molecule has 110 valence electrons. The first kappa shape index (κ1) is 15.6. The first-order valence-electron chi connectivity index (χ1n) is 7.06. The smallest absolute Gasteiger partial charge is 0.234 e. The van der Waals surface area contributed by atoms with E-state index in [0.29, 0.717) is 5.75 Å². The first-order valence-corrected chi connectivity index (χ1v) is 8.22. The Kier molecular flexibility index (Phi) is 5.81. The van der Waals surface area contributed by atoms with E-state index in [1.807, 2.05) is 37.3 Å². The molecule has 1 aromatic carbocycles. The molecule has 0 bridgehead atoms. The molecule has 0 aliphatic rings. The highest BCUT2D eigenvalue weighted by molar-refractivity contribution is 7.99. The molecule has 1 N–H and O–H groups in total. The summed E-state index contributed by atoms with van der Waals surface area (Å²) in [5.41, 5.74) is 4.25. The number of hydrogen-bond donors (Lipinski definition) is 1. The second-order valence-corrected chi connectivity index (χ2v) is 5.81. The Morgan fingerprint density at radius 1 is 1.24 bits per heavy atom. The van der Waals surface area contributed by atoms with Crippen LogP contribution in [0.15, 0.2) is 42.6 Å². The second-order valence-electron chi connectivity index (χ2n) is 4.82. The average Bonchev–Trinajstić information content (AvgIpc) is 2.50. The number of thioether (sulfide) groups is 1. The molecule has 0 atom stereocenters. The lowest BCUT2D eigenvalue weighted by Gasteiger charge is -2.12. The number of pyridine rings is 1. The van der Waals surface area contributed by atoms with E-state index < -0.39 is 0 Å². The van der Waals surface area contributed by atoms with E-state index in [1.54, 1.807) is 18.0 Å². The number of amides is 1. The lowest BCUT2D eigenvalue weighted by Crippen LogP contribution is -2.16. The summed E-state index contributed by atoms with van der Waals surface area (Å²) in [6, 6.07) is 11.9. The van der Waals surface area contributed by atoms with Crippen molar-refractivity contribution in [3.8, 4) is 0 Å². The van der Waals surface area contributed by atoms with Crippen LogP contribution in [0.2, 0.25) is 0 Å². The van der Waals surface area contributed by atoms with Crippen LogP contribution in [0.1, 0.15) is 23.7 Å². The minimum absolute atomic E-state index is 0.0416. The Morgan fingerprint density at radius 2 is 2.10 bits per heavy atom. The van der Waals surface area contributed by atoms with Crippen LogP contribution in [-0.2, 0) is 17.0 Å². The van der Waals surface area contributed by atoms with E-state index in [9.17, 15) is 4.79 Å². The van der Waals surface area contributed by atoms with Crippen LogP contribution in [-0.4, -0.2) is 16.6 Å². The number of rotatable bonds is 6. The zero-order chi connectivity index (χ0) is 15.1. The average molecular weight is 300 g/mol. The summed E-state index contributed by atoms with van der Waals surface area (Å²) in [6.07, 6.45) is 2.69. The molecule has 2 aromatic rings. The Hall–Kier alpha value is -1.81. The number of para-hydroxylation sites is 1. The molecular weight excluding hydrogens is 280 g/mol. The van der Waals surface area contributed by atoms with Crippen molar-refractivity contribution in [3.05, 3.63) is 59.4 Å². The number of aryl methyl sites for hydroxylation is 2. The van der Waals surface area contributed by atoms with Gasteiger partial charge in [-0.25, -0.2) is 0 Å². The number of hydrogen-bond acceptors (Lipinski definition) is 3. The maximum Gasteiger partial charge on any atom is 0.234 e. The molecule has 1 heterocycles. The summed E-state index contributed by atoms with van der Waals surface area (Å²) in [4.78, 5) is 16.3. The Bertz CT molecular complexity index is 599. The van der Waals surface area contributed by atoms with Crippen molar-refractivity contribution in [2.75, 3.05) is 11.1 Å². The third kappa shape index (κ3) is 4.60. The van der Waals surface area contributed by atoms with Crippen LogP contribution < -0.4 is 5.32 Å². The molecule has 3 nitrogen and oxygen atoms in total. The number of aromatic nitrogens is 1. The molecule has 4 heteroatoms. The van der Waals surface area contributed by atoms with E-state index in [4.69, 9.17) is 0 Å². The molecule has 0 radical (unpaired) electrons. The van der Waals surface area contributed by atoms with E-state index in [0.717, 1.165) is 29.1 Å². The van der Waals surface area contributed by atoms with Gasteiger partial charge < -0.3 is 5.32 Å². The standard InChI is InChI=1S/C17H20N2OS/c1-3-14-8-6-7-13(2)17(14)19-16(20)12-21-11-15-9-4-5-10-18-15/h4-10H,3,11-12H2,1-2H3,(H,19,20). The van der Waals surface area contributed by atoms with Gasteiger partial charge in [-0.1, -0.05) is 31.2 Å². The van der Waals surface area contributed by atoms with Gasteiger partial charge in [0.05, 0.1) is 11.4 Å². The number of benzene rings is 1. The van der Waals surface area contributed by atoms with Gasteiger partial charge in [0.1, 0.15) is 0 Å². The molecule has 0 unspecified atom stereocenters. The fourth-order valence-electron chi connectivity index (χ4n) is 2.11. The molecule has 21 heavy (non-hydrogen) atoms. The van der Waals surface area contributed by atoms with Crippen molar-refractivity contribution in [2.24, 2.45) is 0 Å². The van der Waals surface area contributed by atoms with Gasteiger partial charge in [-0.05, 0) is 36.6 Å². The summed E-state index contributed by atoms with van der Waals surface area (Å²) in [7, 11) is 0. The molecule has 0 saturated carbocycles. The Morgan fingerprint density at radius 3 is 2.81 bits per heavy atom. The zero-order valence-electron chi connectivity index (χ0n) is 12.4. The van der Waals surface area contributed by atoms with Gasteiger partial charge in [0.2, 0.25) is 5.91 Å². The molecule has 1 aromatic heterocycles. The lowest BCUT2D eigenvalue weighted by atomic mass is 10.1. The number of nitrogens with zero attached hydrogens (tertiary/aromatic N) is 1. The molecule has 0 spiro atoms. The van der Waals surface area contributed by atoms with E-state index in [-0.39, 0.29) is 5.91 Å². The third-order valence-electron chi connectivity index (χ3n) is 3.21. The van der Waals surface area contributed by atoms with Crippen LogP contribution >= 0.6 is 11.8 Å². The quantitative estimate of drug-likeness (QED) is 0.881. The number of carbonyl (C=O) groups excluding carboxylic acids is 1. The topological polar surface area (TPSA) is 42.0 Å². The molecule has 0 aliphatic carbocycles. The minimum Gasteiger partial charge on any atom is -0.325 e. The highest BCUT2D eigenvalue weighted by Gasteiger charge is 2.08. The Labute approximate surface area is 130 Å². The number of anilines is 1. The van der Waals surface area contributed by atoms with Crippen molar-refractivity contribution < 1.29 is 4.79 Å². The van der Waals surface area contributed by atoms with Gasteiger partial charge in [-0.2, -0.15) is 0 Å². The SMILES string of the molecule is CCc1cccc(C)c1NC(=O)CSCc1ccccn1. The van der Waals surface area contributed by atoms with Gasteiger partial charge in [0.15, 0.2) is 0 Å². The summed E-state index contributed by atoms with van der Waals surface area (Å²) in [5, 5.41) is 3.04. The molecule has 0 aliphatic heterocycles. The monoisotopic (exact) mass is 300 g/mol. The van der Waals surface area contributed by atoms with Crippen LogP contribution in [0, 0.1) is 6.92 Å². The van der Waals surface area contributed by atoms with Gasteiger partial charge in [-0.3, -0.25) is 9.78 Å². The van der Waals surface area contributed by atoms with Crippen molar-refractivity contribution in [1.29, 1.82) is 0 Å². The van der Waals surface area contributed by atoms with E-state index >= 15 is 0 Å². The highest BCUT2D eigenvalue weighted by atomic mass is 32.2. The largest absolute Gasteiger partial charge is 0.325 e. The maximum atomic E-state index is 12.1. The van der Waals surface area contributed by atoms with Crippen LogP contribution in [0.3, 0.4) is 0 Å². The lowest BCUT2D eigenvalue weighted by molar-refractivity contribution is -0.113.